The van der Waals surface area contributed by atoms with E-state index in [2.05, 4.69) is 0 Å². The molecule has 1 aliphatic rings. The van der Waals surface area contributed by atoms with E-state index < -0.39 is 36.6 Å². The molecule has 10 heteroatoms. The van der Waals surface area contributed by atoms with Crippen LogP contribution in [-0.2, 0) is 10.3 Å². The van der Waals surface area contributed by atoms with Crippen molar-refractivity contribution in [3.8, 4) is 5.75 Å². The quantitative estimate of drug-likeness (QED) is 0.439. The van der Waals surface area contributed by atoms with Gasteiger partial charge in [0.1, 0.15) is 11.4 Å². The van der Waals surface area contributed by atoms with Crippen molar-refractivity contribution in [2.45, 2.75) is 44.1 Å². The summed E-state index contributed by atoms with van der Waals surface area (Å²) in [6.45, 7) is 1.58. The van der Waals surface area contributed by atoms with E-state index in [-0.39, 0.29) is 35.6 Å². The molecule has 0 bridgehead atoms. The number of aryl methyl sites for hydroxylation is 1. The molecule has 1 heterocycles. The summed E-state index contributed by atoms with van der Waals surface area (Å²) in [6.07, 6.45) is -11.1. The van der Waals surface area contributed by atoms with E-state index >= 15 is 0 Å². The monoisotopic (exact) mass is 472 g/mol. The highest BCUT2D eigenvalue weighted by atomic mass is 19.4. The van der Waals surface area contributed by atoms with Crippen molar-refractivity contribution in [2.24, 2.45) is 5.73 Å². The van der Waals surface area contributed by atoms with Crippen molar-refractivity contribution in [1.82, 2.24) is 5.32 Å². The van der Waals surface area contributed by atoms with Crippen molar-refractivity contribution >= 4 is 11.5 Å². The third-order valence-corrected chi connectivity index (χ3v) is 5.44. The minimum atomic E-state index is -4.87. The minimum absolute atomic E-state index is 0.0727. The number of benzene rings is 2. The molecule has 1 atom stereocenters. The molecule has 33 heavy (non-hydrogen) atoms. The highest BCUT2D eigenvalue weighted by molar-refractivity contribution is 6.03. The standard InChI is InChI=1S/C23H22F6N2O2/c1-14-3-5-15(6-4-14)18-13-21(23(27,28)29,31-20(32)19(18)30)16-7-9-17(10-8-16)33-12-2-11-22(24,25)26/h3-10H,2,11-13,30H2,1H3,(H,31,32)/t21-/m0/s1. The molecular weight excluding hydrogens is 450 g/mol. The van der Waals surface area contributed by atoms with Crippen LogP contribution >= 0.6 is 0 Å². The number of alkyl halides is 6. The maximum absolute atomic E-state index is 14.4. The van der Waals surface area contributed by atoms with Crippen molar-refractivity contribution in [3.63, 3.8) is 0 Å². The van der Waals surface area contributed by atoms with Crippen LogP contribution in [0, 0.1) is 6.92 Å². The Hall–Kier alpha value is -3.17. The molecule has 0 spiro atoms. The Balaban J connectivity index is 1.89. The van der Waals surface area contributed by atoms with Gasteiger partial charge in [-0.15, -0.1) is 0 Å². The van der Waals surface area contributed by atoms with Crippen LogP contribution < -0.4 is 15.8 Å². The lowest BCUT2D eigenvalue weighted by atomic mass is 9.78. The molecule has 0 fully saturated rings. The maximum atomic E-state index is 14.4. The van der Waals surface area contributed by atoms with Gasteiger partial charge >= 0.3 is 12.4 Å². The maximum Gasteiger partial charge on any atom is 0.416 e. The fourth-order valence-corrected chi connectivity index (χ4v) is 3.62. The summed E-state index contributed by atoms with van der Waals surface area (Å²) in [5.41, 5.74) is 3.96. The normalized spacial score (nSPS) is 19.4. The highest BCUT2D eigenvalue weighted by Crippen LogP contribution is 2.48. The van der Waals surface area contributed by atoms with Gasteiger partial charge in [-0.25, -0.2) is 0 Å². The fourth-order valence-electron chi connectivity index (χ4n) is 3.62. The molecule has 2 aromatic rings. The van der Waals surface area contributed by atoms with Gasteiger partial charge in [0, 0.05) is 12.8 Å². The molecule has 0 unspecified atom stereocenters. The first kappa shape index (κ1) is 24.5. The molecule has 3 N–H and O–H groups in total. The average Bonchev–Trinajstić information content (AvgIpc) is 2.73. The Morgan fingerprint density at radius 3 is 2.15 bits per heavy atom. The van der Waals surface area contributed by atoms with Crippen LogP contribution in [0.15, 0.2) is 54.2 Å². The zero-order valence-corrected chi connectivity index (χ0v) is 17.6. The molecule has 0 saturated heterocycles. The van der Waals surface area contributed by atoms with Gasteiger partial charge in [-0.2, -0.15) is 26.3 Å². The highest BCUT2D eigenvalue weighted by Gasteiger charge is 2.59. The largest absolute Gasteiger partial charge is 0.494 e. The number of carbonyl (C=O) groups excluding carboxylic acids is 1. The fraction of sp³-hybridized carbons (Fsp3) is 0.348. The van der Waals surface area contributed by atoms with E-state index in [1.165, 1.54) is 12.1 Å². The molecule has 1 aliphatic heterocycles. The van der Waals surface area contributed by atoms with Crippen LogP contribution in [0.3, 0.4) is 0 Å². The van der Waals surface area contributed by atoms with Crippen LogP contribution in [0.25, 0.3) is 5.57 Å². The lowest BCUT2D eigenvalue weighted by Gasteiger charge is -2.41. The number of amides is 1. The average molecular weight is 472 g/mol. The van der Waals surface area contributed by atoms with Gasteiger partial charge in [-0.3, -0.25) is 4.79 Å². The molecule has 1 amide bonds. The summed E-state index contributed by atoms with van der Waals surface area (Å²) in [6, 6.07) is 11.4. The van der Waals surface area contributed by atoms with Crippen molar-refractivity contribution in [3.05, 3.63) is 70.9 Å². The molecule has 0 aliphatic carbocycles. The summed E-state index contributed by atoms with van der Waals surface area (Å²) in [7, 11) is 0. The molecule has 0 saturated carbocycles. The van der Waals surface area contributed by atoms with E-state index in [1.807, 2.05) is 12.2 Å². The summed E-state index contributed by atoms with van der Waals surface area (Å²) in [5, 5.41) is 2.02. The lowest BCUT2D eigenvalue weighted by molar-refractivity contribution is -0.201. The van der Waals surface area contributed by atoms with Gasteiger partial charge in [0.05, 0.1) is 6.61 Å². The van der Waals surface area contributed by atoms with Gasteiger partial charge in [0.15, 0.2) is 5.54 Å². The second kappa shape index (κ2) is 8.99. The second-order valence-electron chi connectivity index (χ2n) is 7.88. The Bertz CT molecular complexity index is 1030. The summed E-state index contributed by atoms with van der Waals surface area (Å²) < 4.78 is 85.0. The van der Waals surface area contributed by atoms with Crippen LogP contribution in [0.5, 0.6) is 5.75 Å². The SMILES string of the molecule is Cc1ccc(C2=C(N)C(=O)N[C@@](c3ccc(OCCCC(F)(F)F)cc3)(C(F)(F)F)C2)cc1. The van der Waals surface area contributed by atoms with Crippen LogP contribution in [0.2, 0.25) is 0 Å². The lowest BCUT2D eigenvalue weighted by Crippen LogP contribution is -2.59. The zero-order valence-electron chi connectivity index (χ0n) is 17.6. The Morgan fingerprint density at radius 2 is 1.61 bits per heavy atom. The summed E-state index contributed by atoms with van der Waals surface area (Å²) in [5.74, 6) is -0.921. The molecule has 2 aromatic carbocycles. The van der Waals surface area contributed by atoms with E-state index in [0.29, 0.717) is 5.56 Å². The predicted molar refractivity (Wildman–Crippen MR) is 110 cm³/mol. The van der Waals surface area contributed by atoms with Gasteiger partial charge in [-0.05, 0) is 42.2 Å². The molecular formula is C23H22F6N2O2. The molecule has 3 rings (SSSR count). The predicted octanol–water partition coefficient (Wildman–Crippen LogP) is 5.36. The third kappa shape index (κ3) is 5.43. The number of ether oxygens (including phenoxy) is 1. The van der Waals surface area contributed by atoms with Crippen LogP contribution in [-0.4, -0.2) is 24.9 Å². The number of halogens is 6. The van der Waals surface area contributed by atoms with Crippen molar-refractivity contribution in [1.29, 1.82) is 0 Å². The van der Waals surface area contributed by atoms with E-state index in [9.17, 15) is 31.1 Å². The van der Waals surface area contributed by atoms with Gasteiger partial charge in [0.25, 0.3) is 5.91 Å². The number of rotatable bonds is 6. The van der Waals surface area contributed by atoms with E-state index in [0.717, 1.165) is 17.7 Å². The number of hydrogen-bond acceptors (Lipinski definition) is 3. The van der Waals surface area contributed by atoms with Crippen LogP contribution in [0.4, 0.5) is 26.3 Å². The number of carbonyl (C=O) groups is 1. The van der Waals surface area contributed by atoms with E-state index in [4.69, 9.17) is 10.5 Å². The van der Waals surface area contributed by atoms with Crippen molar-refractivity contribution < 1.29 is 35.9 Å². The molecule has 0 aromatic heterocycles. The first-order valence-electron chi connectivity index (χ1n) is 10.1. The first-order chi connectivity index (χ1) is 15.3. The van der Waals surface area contributed by atoms with Gasteiger partial charge in [0.2, 0.25) is 0 Å². The van der Waals surface area contributed by atoms with Crippen LogP contribution in [0.1, 0.15) is 36.0 Å². The van der Waals surface area contributed by atoms with Gasteiger partial charge < -0.3 is 15.8 Å². The number of hydrogen-bond donors (Lipinski definition) is 2. The Morgan fingerprint density at radius 1 is 1.00 bits per heavy atom. The first-order valence-corrected chi connectivity index (χ1v) is 10.1. The minimum Gasteiger partial charge on any atom is -0.494 e. The van der Waals surface area contributed by atoms with Crippen molar-refractivity contribution in [2.75, 3.05) is 6.61 Å². The second-order valence-corrected chi connectivity index (χ2v) is 7.88. The Labute approximate surface area is 186 Å². The molecule has 4 nitrogen and oxygen atoms in total. The zero-order chi connectivity index (χ0) is 24.4. The number of nitrogens with two attached hydrogens (primary N) is 1. The summed E-state index contributed by atoms with van der Waals surface area (Å²) in [4.78, 5) is 12.5. The third-order valence-electron chi connectivity index (χ3n) is 5.44. The smallest absolute Gasteiger partial charge is 0.416 e. The molecule has 0 radical (unpaired) electrons. The summed E-state index contributed by atoms with van der Waals surface area (Å²) >= 11 is 0. The molecule has 178 valence electrons. The topological polar surface area (TPSA) is 64.4 Å². The Kier molecular flexibility index (Phi) is 6.67. The van der Waals surface area contributed by atoms with Gasteiger partial charge in [-0.1, -0.05) is 42.0 Å². The number of nitrogens with one attached hydrogen (secondary N) is 1. The van der Waals surface area contributed by atoms with E-state index in [1.54, 1.807) is 24.3 Å².